The first-order valence-electron chi connectivity index (χ1n) is 6.53. The normalized spacial score (nSPS) is 22.1. The maximum absolute atomic E-state index is 11.3. The molecule has 21 heavy (non-hydrogen) atoms. The molecular formula is C10H22N2O7S2. The van der Waals surface area contributed by atoms with E-state index in [0.29, 0.717) is 32.7 Å². The quantitative estimate of drug-likeness (QED) is 0.453. The van der Waals surface area contributed by atoms with Gasteiger partial charge in [0.05, 0.1) is 12.4 Å². The summed E-state index contributed by atoms with van der Waals surface area (Å²) in [5, 5.41) is 7.53. The van der Waals surface area contributed by atoms with Crippen molar-refractivity contribution in [2.75, 3.05) is 45.1 Å². The summed E-state index contributed by atoms with van der Waals surface area (Å²) in [6, 6.07) is -1.02. The third-order valence-electron chi connectivity index (χ3n) is 3.69. The molecule has 0 aromatic carbocycles. The second-order valence-corrected chi connectivity index (χ2v) is 8.41. The Hall–Kier alpha value is -0.300. The van der Waals surface area contributed by atoms with Crippen LogP contribution in [0.15, 0.2) is 0 Å². The highest BCUT2D eigenvalue weighted by molar-refractivity contribution is 7.87. The van der Waals surface area contributed by atoms with Crippen LogP contribution in [0, 0.1) is 0 Å². The number of aliphatic hydroxyl groups excluding tert-OH is 1. The predicted octanol–water partition coefficient (Wildman–Crippen LogP) is -1.87. The Morgan fingerprint density at radius 1 is 1.05 bits per heavy atom. The summed E-state index contributed by atoms with van der Waals surface area (Å²) in [4.78, 5) is 3.58. The van der Waals surface area contributed by atoms with Crippen molar-refractivity contribution in [2.24, 2.45) is 0 Å². The number of β-amino-alcohol motifs (C(OH)–C–C–N with tert-alkyl or cyclic N) is 1. The van der Waals surface area contributed by atoms with Gasteiger partial charge in [0.1, 0.15) is 5.25 Å². The van der Waals surface area contributed by atoms with Gasteiger partial charge in [-0.2, -0.15) is 16.8 Å². The fourth-order valence-corrected chi connectivity index (χ4v) is 4.13. The van der Waals surface area contributed by atoms with Crippen molar-refractivity contribution in [3.8, 4) is 0 Å². The zero-order valence-electron chi connectivity index (χ0n) is 11.8. The minimum absolute atomic E-state index is 0.00979. The largest absolute Gasteiger partial charge is 0.395 e. The molecule has 1 rings (SSSR count). The van der Waals surface area contributed by atoms with Gasteiger partial charge in [-0.1, -0.05) is 0 Å². The van der Waals surface area contributed by atoms with Crippen LogP contribution in [-0.2, 0) is 20.2 Å². The molecule has 0 aliphatic carbocycles. The molecule has 1 aliphatic rings. The molecule has 1 fully saturated rings. The lowest BCUT2D eigenvalue weighted by atomic mass is 10.2. The molecular weight excluding hydrogens is 324 g/mol. The van der Waals surface area contributed by atoms with Gasteiger partial charge in [0.25, 0.3) is 20.2 Å². The standard InChI is InChI=1S/C10H22N2O7S2/c1-9(21(17,18)19)10(8-20(14,15)16)12-4-2-11(3-5-12)6-7-13/h9-10,13H,2-8H2,1H3,(H,14,15,16)(H,17,18,19). The van der Waals surface area contributed by atoms with Crippen LogP contribution in [-0.4, -0.2) is 97.2 Å². The number of nitrogens with zero attached hydrogens (tertiary/aromatic N) is 2. The van der Waals surface area contributed by atoms with E-state index in [0.717, 1.165) is 0 Å². The van der Waals surface area contributed by atoms with Gasteiger partial charge in [-0.25, -0.2) is 0 Å². The zero-order chi connectivity index (χ0) is 16.3. The van der Waals surface area contributed by atoms with Crippen LogP contribution in [0.1, 0.15) is 6.92 Å². The minimum Gasteiger partial charge on any atom is -0.395 e. The summed E-state index contributed by atoms with van der Waals surface area (Å²) in [6.07, 6.45) is 0. The van der Waals surface area contributed by atoms with Crippen molar-refractivity contribution in [1.29, 1.82) is 0 Å². The van der Waals surface area contributed by atoms with Crippen LogP contribution in [0.5, 0.6) is 0 Å². The molecule has 0 radical (unpaired) electrons. The molecule has 2 atom stereocenters. The molecule has 2 unspecified atom stereocenters. The Morgan fingerprint density at radius 2 is 1.57 bits per heavy atom. The lowest BCUT2D eigenvalue weighted by Crippen LogP contribution is -2.56. The highest BCUT2D eigenvalue weighted by Gasteiger charge is 2.36. The average Bonchev–Trinajstić information content (AvgIpc) is 2.34. The van der Waals surface area contributed by atoms with Gasteiger partial charge in [-0.3, -0.25) is 18.9 Å². The Morgan fingerprint density at radius 3 is 1.95 bits per heavy atom. The second kappa shape index (κ2) is 7.31. The van der Waals surface area contributed by atoms with Gasteiger partial charge in [-0.05, 0) is 6.92 Å². The van der Waals surface area contributed by atoms with Gasteiger partial charge in [0, 0.05) is 38.8 Å². The molecule has 0 spiro atoms. The third-order valence-corrected chi connectivity index (χ3v) is 5.70. The minimum atomic E-state index is -4.42. The van der Waals surface area contributed by atoms with Gasteiger partial charge in [0.2, 0.25) is 0 Å². The Labute approximate surface area is 125 Å². The van der Waals surface area contributed by atoms with E-state index in [1.54, 1.807) is 4.90 Å². The van der Waals surface area contributed by atoms with Crippen molar-refractivity contribution in [2.45, 2.75) is 18.2 Å². The fourth-order valence-electron chi connectivity index (χ4n) is 2.41. The molecule has 1 heterocycles. The maximum Gasteiger partial charge on any atom is 0.269 e. The van der Waals surface area contributed by atoms with Crippen molar-refractivity contribution in [1.82, 2.24) is 9.80 Å². The van der Waals surface area contributed by atoms with Crippen LogP contribution >= 0.6 is 0 Å². The van der Waals surface area contributed by atoms with E-state index in [-0.39, 0.29) is 6.61 Å². The topological polar surface area (TPSA) is 135 Å². The molecule has 1 aliphatic heterocycles. The first-order valence-corrected chi connectivity index (χ1v) is 9.64. The van der Waals surface area contributed by atoms with E-state index in [1.165, 1.54) is 6.92 Å². The van der Waals surface area contributed by atoms with E-state index in [9.17, 15) is 16.8 Å². The lowest BCUT2D eigenvalue weighted by Gasteiger charge is -2.40. The number of aliphatic hydroxyl groups is 1. The van der Waals surface area contributed by atoms with Crippen molar-refractivity contribution in [3.63, 3.8) is 0 Å². The molecule has 0 bridgehead atoms. The van der Waals surface area contributed by atoms with Gasteiger partial charge < -0.3 is 5.11 Å². The van der Waals surface area contributed by atoms with Crippen LogP contribution in [0.3, 0.4) is 0 Å². The van der Waals surface area contributed by atoms with Crippen LogP contribution in [0.4, 0.5) is 0 Å². The Bertz CT molecular complexity index is 526. The highest BCUT2D eigenvalue weighted by atomic mass is 32.2. The summed E-state index contributed by atoms with van der Waals surface area (Å²) < 4.78 is 62.9. The molecule has 0 aromatic rings. The van der Waals surface area contributed by atoms with Crippen LogP contribution in [0.25, 0.3) is 0 Å². The SMILES string of the molecule is CC(C(CS(=O)(=O)O)N1CCN(CCO)CC1)S(=O)(=O)O. The molecule has 126 valence electrons. The summed E-state index contributed by atoms with van der Waals surface area (Å²) in [5.41, 5.74) is 0. The fraction of sp³-hybridized carbons (Fsp3) is 1.00. The van der Waals surface area contributed by atoms with Crippen LogP contribution < -0.4 is 0 Å². The first-order chi connectivity index (χ1) is 9.54. The van der Waals surface area contributed by atoms with Gasteiger partial charge in [-0.15, -0.1) is 0 Å². The predicted molar refractivity (Wildman–Crippen MR) is 76.3 cm³/mol. The molecule has 0 saturated carbocycles. The van der Waals surface area contributed by atoms with Gasteiger partial charge in [0.15, 0.2) is 0 Å². The average molecular weight is 346 g/mol. The summed E-state index contributed by atoms with van der Waals surface area (Å²) in [5.74, 6) is -0.756. The zero-order valence-corrected chi connectivity index (χ0v) is 13.4. The van der Waals surface area contributed by atoms with E-state index < -0.39 is 37.3 Å². The van der Waals surface area contributed by atoms with E-state index in [1.807, 2.05) is 4.90 Å². The Balaban J connectivity index is 2.84. The van der Waals surface area contributed by atoms with E-state index >= 15 is 0 Å². The van der Waals surface area contributed by atoms with Crippen molar-refractivity contribution >= 4 is 20.2 Å². The number of hydrogen-bond donors (Lipinski definition) is 3. The lowest BCUT2D eigenvalue weighted by molar-refractivity contribution is 0.0882. The summed E-state index contributed by atoms with van der Waals surface area (Å²) >= 11 is 0. The smallest absolute Gasteiger partial charge is 0.269 e. The monoisotopic (exact) mass is 346 g/mol. The third kappa shape index (κ3) is 6.14. The Kier molecular flexibility index (Phi) is 6.53. The second-order valence-electron chi connectivity index (χ2n) is 5.14. The number of hydrogen-bond acceptors (Lipinski definition) is 7. The van der Waals surface area contributed by atoms with Crippen molar-refractivity contribution < 1.29 is 31.0 Å². The highest BCUT2D eigenvalue weighted by Crippen LogP contribution is 2.16. The maximum atomic E-state index is 11.3. The molecule has 9 nitrogen and oxygen atoms in total. The van der Waals surface area contributed by atoms with E-state index in [2.05, 4.69) is 0 Å². The molecule has 1 saturated heterocycles. The van der Waals surface area contributed by atoms with Gasteiger partial charge >= 0.3 is 0 Å². The molecule has 3 N–H and O–H groups in total. The molecule has 0 amide bonds. The van der Waals surface area contributed by atoms with Crippen molar-refractivity contribution in [3.05, 3.63) is 0 Å². The first kappa shape index (κ1) is 18.7. The number of rotatable bonds is 7. The molecule has 0 aromatic heterocycles. The molecule has 11 heteroatoms. The summed E-state index contributed by atoms with van der Waals surface area (Å²) in [6.45, 7) is 3.58. The summed E-state index contributed by atoms with van der Waals surface area (Å²) in [7, 11) is -8.79. The number of piperazine rings is 1. The van der Waals surface area contributed by atoms with E-state index in [4.69, 9.17) is 14.2 Å². The van der Waals surface area contributed by atoms with Crippen LogP contribution in [0.2, 0.25) is 0 Å².